The van der Waals surface area contributed by atoms with E-state index in [1.54, 1.807) is 0 Å². The number of para-hydroxylation sites is 1. The quantitative estimate of drug-likeness (QED) is 0.851. The van der Waals surface area contributed by atoms with Gasteiger partial charge in [0.25, 0.3) is 0 Å². The highest BCUT2D eigenvalue weighted by Gasteiger charge is 2.17. The summed E-state index contributed by atoms with van der Waals surface area (Å²) in [5, 5.41) is 12.5. The van der Waals surface area contributed by atoms with Gasteiger partial charge in [0, 0.05) is 5.75 Å². The molecule has 108 valence electrons. The zero-order valence-electron chi connectivity index (χ0n) is 12.3. The number of thioether (sulfide) groups is 1. The molecule has 0 saturated carbocycles. The molecule has 20 heavy (non-hydrogen) atoms. The molecule has 1 N–H and O–H groups in total. The fourth-order valence-electron chi connectivity index (χ4n) is 2.03. The first-order chi connectivity index (χ1) is 9.72. The van der Waals surface area contributed by atoms with Gasteiger partial charge in [0.2, 0.25) is 0 Å². The molecule has 2 aromatic rings. The van der Waals surface area contributed by atoms with Crippen molar-refractivity contribution in [3.8, 4) is 5.69 Å². The van der Waals surface area contributed by atoms with Crippen LogP contribution in [0.15, 0.2) is 36.5 Å². The van der Waals surface area contributed by atoms with Crippen molar-refractivity contribution < 1.29 is 0 Å². The summed E-state index contributed by atoms with van der Waals surface area (Å²) in [4.78, 5) is 0. The number of hydrogen-bond donors (Lipinski definition) is 1. The molecule has 0 aliphatic heterocycles. The number of rotatable bonds is 7. The van der Waals surface area contributed by atoms with E-state index in [9.17, 15) is 0 Å². The second kappa shape index (κ2) is 7.45. The van der Waals surface area contributed by atoms with Crippen LogP contribution in [0.3, 0.4) is 0 Å². The second-order valence-electron chi connectivity index (χ2n) is 4.90. The molecule has 4 nitrogen and oxygen atoms in total. The summed E-state index contributed by atoms with van der Waals surface area (Å²) < 4.78 is 1.92. The van der Waals surface area contributed by atoms with Crippen molar-refractivity contribution >= 4 is 11.8 Å². The fraction of sp³-hybridized carbons (Fsp3) is 0.467. The van der Waals surface area contributed by atoms with Gasteiger partial charge in [-0.05, 0) is 23.9 Å². The summed E-state index contributed by atoms with van der Waals surface area (Å²) in [5.41, 5.74) is 2.17. The smallest absolute Gasteiger partial charge is 0.0823 e. The van der Waals surface area contributed by atoms with E-state index in [0.29, 0.717) is 5.25 Å². The number of aromatic nitrogens is 3. The number of hydrogen-bond acceptors (Lipinski definition) is 4. The Morgan fingerprint density at radius 3 is 2.65 bits per heavy atom. The Balaban J connectivity index is 2.23. The lowest BCUT2D eigenvalue weighted by Gasteiger charge is -2.19. The van der Waals surface area contributed by atoms with E-state index in [-0.39, 0.29) is 6.04 Å². The van der Waals surface area contributed by atoms with Gasteiger partial charge in [-0.15, -0.1) is 5.10 Å². The van der Waals surface area contributed by atoms with Gasteiger partial charge in [-0.25, -0.2) is 4.68 Å². The molecular formula is C15H22N4S. The van der Waals surface area contributed by atoms with Crippen LogP contribution >= 0.6 is 11.8 Å². The van der Waals surface area contributed by atoms with Crippen molar-refractivity contribution in [3.63, 3.8) is 0 Å². The van der Waals surface area contributed by atoms with Crippen LogP contribution in [0, 0.1) is 0 Å². The van der Waals surface area contributed by atoms with E-state index in [1.807, 2.05) is 40.8 Å². The molecule has 0 aliphatic rings. The van der Waals surface area contributed by atoms with Crippen LogP contribution in [0.2, 0.25) is 0 Å². The minimum atomic E-state index is 0.266. The molecule has 2 rings (SSSR count). The fourth-order valence-corrected chi connectivity index (χ4v) is 2.90. The van der Waals surface area contributed by atoms with Gasteiger partial charge >= 0.3 is 0 Å². The maximum absolute atomic E-state index is 4.23. The lowest BCUT2D eigenvalue weighted by Crippen LogP contribution is -2.26. The summed E-state index contributed by atoms with van der Waals surface area (Å²) >= 11 is 1.95. The normalized spacial score (nSPS) is 12.8. The van der Waals surface area contributed by atoms with Crippen molar-refractivity contribution in [1.82, 2.24) is 20.3 Å². The molecule has 0 radical (unpaired) electrons. The van der Waals surface area contributed by atoms with Crippen LogP contribution in [-0.2, 0) is 0 Å². The standard InChI is InChI=1S/C15H22N4S/c1-4-16-14(11-20-12(2)3)15-10-17-18-19(15)13-8-6-5-7-9-13/h5-10,12,14,16H,4,11H2,1-3H3. The van der Waals surface area contributed by atoms with Crippen molar-refractivity contribution in [2.45, 2.75) is 32.1 Å². The van der Waals surface area contributed by atoms with Gasteiger partial charge in [-0.2, -0.15) is 11.8 Å². The van der Waals surface area contributed by atoms with Crippen molar-refractivity contribution in [3.05, 3.63) is 42.2 Å². The predicted molar refractivity (Wildman–Crippen MR) is 85.4 cm³/mol. The molecule has 0 fully saturated rings. The third-order valence-corrected chi connectivity index (χ3v) is 4.17. The molecule has 1 aromatic carbocycles. The molecular weight excluding hydrogens is 268 g/mol. The summed E-state index contributed by atoms with van der Waals surface area (Å²) in [6.45, 7) is 7.51. The van der Waals surface area contributed by atoms with E-state index in [2.05, 4.69) is 48.5 Å². The Morgan fingerprint density at radius 1 is 1.25 bits per heavy atom. The largest absolute Gasteiger partial charge is 0.308 e. The summed E-state index contributed by atoms with van der Waals surface area (Å²) in [5.74, 6) is 1.02. The van der Waals surface area contributed by atoms with Crippen LogP contribution < -0.4 is 5.32 Å². The molecule has 1 aromatic heterocycles. The first-order valence-electron chi connectivity index (χ1n) is 7.03. The van der Waals surface area contributed by atoms with Crippen molar-refractivity contribution in [1.29, 1.82) is 0 Å². The van der Waals surface area contributed by atoms with Crippen LogP contribution in [0.1, 0.15) is 32.5 Å². The maximum Gasteiger partial charge on any atom is 0.0823 e. The van der Waals surface area contributed by atoms with Gasteiger partial charge < -0.3 is 5.32 Å². The van der Waals surface area contributed by atoms with E-state index in [0.717, 1.165) is 23.7 Å². The molecule has 1 unspecified atom stereocenters. The van der Waals surface area contributed by atoms with Gasteiger partial charge in [0.05, 0.1) is 23.6 Å². The minimum Gasteiger partial charge on any atom is -0.308 e. The summed E-state index contributed by atoms with van der Waals surface area (Å²) in [6, 6.07) is 10.4. The maximum atomic E-state index is 4.23. The first kappa shape index (κ1) is 15.1. The Bertz CT molecular complexity index is 510. The SMILES string of the molecule is CCNC(CSC(C)C)c1cnnn1-c1ccccc1. The van der Waals surface area contributed by atoms with Crippen LogP contribution in [0.4, 0.5) is 0 Å². The average molecular weight is 290 g/mol. The topological polar surface area (TPSA) is 42.7 Å². The van der Waals surface area contributed by atoms with Crippen molar-refractivity contribution in [2.24, 2.45) is 0 Å². The molecule has 0 aliphatic carbocycles. The average Bonchev–Trinajstić information content (AvgIpc) is 2.93. The highest BCUT2D eigenvalue weighted by atomic mass is 32.2. The number of nitrogens with zero attached hydrogens (tertiary/aromatic N) is 3. The lowest BCUT2D eigenvalue weighted by molar-refractivity contribution is 0.569. The predicted octanol–water partition coefficient (Wildman–Crippen LogP) is 3.06. The molecule has 1 heterocycles. The Hall–Kier alpha value is -1.33. The van der Waals surface area contributed by atoms with Gasteiger partial charge in [-0.1, -0.05) is 44.2 Å². The second-order valence-corrected chi connectivity index (χ2v) is 6.51. The van der Waals surface area contributed by atoms with Crippen LogP contribution in [0.25, 0.3) is 5.69 Å². The summed E-state index contributed by atoms with van der Waals surface area (Å²) in [6.07, 6.45) is 1.86. The molecule has 5 heteroatoms. The third kappa shape index (κ3) is 3.84. The molecule has 0 bridgehead atoms. The zero-order valence-corrected chi connectivity index (χ0v) is 13.1. The molecule has 0 amide bonds. The summed E-state index contributed by atoms with van der Waals surface area (Å²) in [7, 11) is 0. The van der Waals surface area contributed by atoms with E-state index in [4.69, 9.17) is 0 Å². The monoisotopic (exact) mass is 290 g/mol. The molecule has 0 saturated heterocycles. The van der Waals surface area contributed by atoms with Gasteiger partial charge in [0.1, 0.15) is 0 Å². The minimum absolute atomic E-state index is 0.266. The van der Waals surface area contributed by atoms with E-state index < -0.39 is 0 Å². The lowest BCUT2D eigenvalue weighted by atomic mass is 10.2. The van der Waals surface area contributed by atoms with Gasteiger partial charge in [-0.3, -0.25) is 0 Å². The Kier molecular flexibility index (Phi) is 5.61. The van der Waals surface area contributed by atoms with Crippen LogP contribution in [0.5, 0.6) is 0 Å². The highest BCUT2D eigenvalue weighted by molar-refractivity contribution is 7.99. The Morgan fingerprint density at radius 2 is 2.00 bits per heavy atom. The first-order valence-corrected chi connectivity index (χ1v) is 8.08. The molecule has 0 spiro atoms. The number of benzene rings is 1. The van der Waals surface area contributed by atoms with E-state index >= 15 is 0 Å². The van der Waals surface area contributed by atoms with Gasteiger partial charge in [0.15, 0.2) is 0 Å². The Labute approximate surface area is 125 Å². The highest BCUT2D eigenvalue weighted by Crippen LogP contribution is 2.22. The van der Waals surface area contributed by atoms with E-state index in [1.165, 1.54) is 0 Å². The molecule has 1 atom stereocenters. The van der Waals surface area contributed by atoms with Crippen molar-refractivity contribution in [2.75, 3.05) is 12.3 Å². The zero-order chi connectivity index (χ0) is 14.4. The third-order valence-electron chi connectivity index (χ3n) is 2.98. The number of nitrogens with one attached hydrogen (secondary N) is 1. The van der Waals surface area contributed by atoms with Crippen LogP contribution in [-0.4, -0.2) is 32.5 Å².